The van der Waals surface area contributed by atoms with Gasteiger partial charge < -0.3 is 15.0 Å². The van der Waals surface area contributed by atoms with Crippen LogP contribution in [0.25, 0.3) is 0 Å². The van der Waals surface area contributed by atoms with Crippen molar-refractivity contribution in [3.63, 3.8) is 0 Å². The standard InChI is InChI=1S/C11H22N2O2.ClH/c1-8-7-13(9(2)6-12-8)10(14)15-11(3,4)5;/h8-9,12H,6-7H2,1-5H3;1H/t8-,9+;/m0./s1. The molecule has 0 radical (unpaired) electrons. The van der Waals surface area contributed by atoms with Gasteiger partial charge in [-0.2, -0.15) is 0 Å². The minimum atomic E-state index is -0.412. The fourth-order valence-corrected chi connectivity index (χ4v) is 1.60. The van der Waals surface area contributed by atoms with E-state index in [0.717, 1.165) is 13.1 Å². The molecule has 0 aromatic heterocycles. The highest BCUT2D eigenvalue weighted by molar-refractivity contribution is 5.85. The molecule has 16 heavy (non-hydrogen) atoms. The van der Waals surface area contributed by atoms with Crippen molar-refractivity contribution < 1.29 is 9.53 Å². The monoisotopic (exact) mass is 250 g/mol. The smallest absolute Gasteiger partial charge is 0.410 e. The molecule has 4 nitrogen and oxygen atoms in total. The largest absolute Gasteiger partial charge is 0.444 e. The number of ether oxygens (including phenoxy) is 1. The summed E-state index contributed by atoms with van der Waals surface area (Å²) in [6.07, 6.45) is -0.205. The van der Waals surface area contributed by atoms with Crippen LogP contribution in [-0.2, 0) is 4.74 Å². The van der Waals surface area contributed by atoms with Crippen LogP contribution in [0.3, 0.4) is 0 Å². The molecule has 0 aromatic rings. The van der Waals surface area contributed by atoms with Gasteiger partial charge in [-0.3, -0.25) is 0 Å². The van der Waals surface area contributed by atoms with Crippen LogP contribution < -0.4 is 5.32 Å². The van der Waals surface area contributed by atoms with Crippen LogP contribution in [0.5, 0.6) is 0 Å². The molecule has 1 aliphatic heterocycles. The highest BCUT2D eigenvalue weighted by Crippen LogP contribution is 2.14. The Balaban J connectivity index is 0.00000225. The topological polar surface area (TPSA) is 41.6 Å². The average molecular weight is 251 g/mol. The van der Waals surface area contributed by atoms with E-state index in [0.29, 0.717) is 6.04 Å². The summed E-state index contributed by atoms with van der Waals surface area (Å²) in [4.78, 5) is 13.6. The molecule has 96 valence electrons. The van der Waals surface area contributed by atoms with Crippen molar-refractivity contribution in [3.8, 4) is 0 Å². The maximum absolute atomic E-state index is 11.8. The number of piperazine rings is 1. The zero-order chi connectivity index (χ0) is 11.6. The lowest BCUT2D eigenvalue weighted by molar-refractivity contribution is 0.0104. The number of hydrogen-bond donors (Lipinski definition) is 1. The minimum Gasteiger partial charge on any atom is -0.444 e. The molecule has 5 heteroatoms. The molecule has 0 aliphatic carbocycles. The zero-order valence-electron chi connectivity index (χ0n) is 10.7. The number of hydrogen-bond acceptors (Lipinski definition) is 3. The molecule has 0 unspecified atom stereocenters. The van der Waals surface area contributed by atoms with Gasteiger partial charge in [-0.05, 0) is 34.6 Å². The van der Waals surface area contributed by atoms with Gasteiger partial charge in [0, 0.05) is 25.2 Å². The summed E-state index contributed by atoms with van der Waals surface area (Å²) in [5.41, 5.74) is -0.412. The molecule has 1 amide bonds. The van der Waals surface area contributed by atoms with E-state index in [4.69, 9.17) is 4.74 Å². The van der Waals surface area contributed by atoms with Crippen LogP contribution in [0.15, 0.2) is 0 Å². The van der Waals surface area contributed by atoms with E-state index < -0.39 is 5.60 Å². The first-order chi connectivity index (χ1) is 6.79. The molecule has 1 aliphatic rings. The van der Waals surface area contributed by atoms with Crippen LogP contribution in [0.2, 0.25) is 0 Å². The highest BCUT2D eigenvalue weighted by Gasteiger charge is 2.29. The number of rotatable bonds is 0. The van der Waals surface area contributed by atoms with Gasteiger partial charge in [0.1, 0.15) is 5.60 Å². The lowest BCUT2D eigenvalue weighted by Gasteiger charge is -2.38. The summed E-state index contributed by atoms with van der Waals surface area (Å²) in [6, 6.07) is 0.546. The van der Waals surface area contributed by atoms with E-state index in [2.05, 4.69) is 12.2 Å². The number of carbonyl (C=O) groups excluding carboxylic acids is 1. The molecule has 2 atom stereocenters. The van der Waals surface area contributed by atoms with Crippen LogP contribution in [0, 0.1) is 0 Å². The first-order valence-electron chi connectivity index (χ1n) is 5.52. The van der Waals surface area contributed by atoms with Crippen molar-refractivity contribution in [1.82, 2.24) is 10.2 Å². The third-order valence-electron chi connectivity index (χ3n) is 2.39. The Morgan fingerprint density at radius 1 is 1.38 bits per heavy atom. The lowest BCUT2D eigenvalue weighted by Crippen LogP contribution is -2.57. The Kier molecular flexibility index (Phi) is 5.56. The average Bonchev–Trinajstić information content (AvgIpc) is 2.06. The molecule has 0 bridgehead atoms. The predicted octanol–water partition coefficient (Wildman–Crippen LogP) is 2.03. The van der Waals surface area contributed by atoms with Crippen molar-refractivity contribution in [2.45, 2.75) is 52.3 Å². The van der Waals surface area contributed by atoms with E-state index in [-0.39, 0.29) is 24.5 Å². The van der Waals surface area contributed by atoms with Gasteiger partial charge in [-0.15, -0.1) is 12.4 Å². The molecule has 1 N–H and O–H groups in total. The summed E-state index contributed by atoms with van der Waals surface area (Å²) >= 11 is 0. The molecule has 1 saturated heterocycles. The molecular formula is C11H23ClN2O2. The summed E-state index contributed by atoms with van der Waals surface area (Å²) in [5.74, 6) is 0. The Morgan fingerprint density at radius 3 is 2.44 bits per heavy atom. The maximum atomic E-state index is 11.8. The number of nitrogens with one attached hydrogen (secondary N) is 1. The van der Waals surface area contributed by atoms with Gasteiger partial charge >= 0.3 is 6.09 Å². The Hall–Kier alpha value is -0.480. The van der Waals surface area contributed by atoms with Crippen LogP contribution in [0.1, 0.15) is 34.6 Å². The van der Waals surface area contributed by atoms with Gasteiger partial charge in [0.2, 0.25) is 0 Å². The van der Waals surface area contributed by atoms with Gasteiger partial charge in [-0.25, -0.2) is 4.79 Å². The summed E-state index contributed by atoms with van der Waals surface area (Å²) in [6.45, 7) is 11.3. The SMILES string of the molecule is C[C@@H]1CN[C@@H](C)CN1C(=O)OC(C)(C)C.Cl. The normalized spacial score (nSPS) is 25.9. The molecule has 0 spiro atoms. The highest BCUT2D eigenvalue weighted by atomic mass is 35.5. The molecular weight excluding hydrogens is 228 g/mol. The van der Waals surface area contributed by atoms with E-state index in [1.165, 1.54) is 0 Å². The fourth-order valence-electron chi connectivity index (χ4n) is 1.60. The molecule has 1 heterocycles. The minimum absolute atomic E-state index is 0. The van der Waals surface area contributed by atoms with Crippen molar-refractivity contribution in [1.29, 1.82) is 0 Å². The van der Waals surface area contributed by atoms with E-state index in [1.54, 1.807) is 4.90 Å². The van der Waals surface area contributed by atoms with Crippen LogP contribution in [0.4, 0.5) is 4.79 Å². The predicted molar refractivity (Wildman–Crippen MR) is 67.1 cm³/mol. The first kappa shape index (κ1) is 15.5. The van der Waals surface area contributed by atoms with Crippen molar-refractivity contribution in [3.05, 3.63) is 0 Å². The fraction of sp³-hybridized carbons (Fsp3) is 0.909. The molecule has 1 rings (SSSR count). The van der Waals surface area contributed by atoms with E-state index >= 15 is 0 Å². The number of carbonyl (C=O) groups is 1. The summed E-state index contributed by atoms with van der Waals surface area (Å²) in [7, 11) is 0. The van der Waals surface area contributed by atoms with Gasteiger partial charge in [0.15, 0.2) is 0 Å². The van der Waals surface area contributed by atoms with Gasteiger partial charge in [-0.1, -0.05) is 0 Å². The molecule has 0 saturated carbocycles. The Labute approximate surface area is 104 Å². The van der Waals surface area contributed by atoms with Crippen molar-refractivity contribution in [2.24, 2.45) is 0 Å². The second-order valence-corrected chi connectivity index (χ2v) is 5.29. The number of nitrogens with zero attached hydrogens (tertiary/aromatic N) is 1. The van der Waals surface area contributed by atoms with Gasteiger partial charge in [0.05, 0.1) is 0 Å². The van der Waals surface area contributed by atoms with Crippen molar-refractivity contribution in [2.75, 3.05) is 13.1 Å². The lowest BCUT2D eigenvalue weighted by atomic mass is 10.1. The van der Waals surface area contributed by atoms with E-state index in [1.807, 2.05) is 27.7 Å². The van der Waals surface area contributed by atoms with Crippen LogP contribution in [-0.4, -0.2) is 41.8 Å². The molecule has 1 fully saturated rings. The third kappa shape index (κ3) is 4.58. The second-order valence-electron chi connectivity index (χ2n) is 5.29. The number of amides is 1. The van der Waals surface area contributed by atoms with Gasteiger partial charge in [0.25, 0.3) is 0 Å². The summed E-state index contributed by atoms with van der Waals surface area (Å²) < 4.78 is 5.36. The second kappa shape index (κ2) is 5.73. The quantitative estimate of drug-likeness (QED) is 0.715. The van der Waals surface area contributed by atoms with E-state index in [9.17, 15) is 4.79 Å². The van der Waals surface area contributed by atoms with Crippen molar-refractivity contribution >= 4 is 18.5 Å². The first-order valence-corrected chi connectivity index (χ1v) is 5.52. The van der Waals surface area contributed by atoms with Crippen LogP contribution >= 0.6 is 12.4 Å². The molecule has 0 aromatic carbocycles. The Bertz CT molecular complexity index is 241. The number of halogens is 1. The zero-order valence-corrected chi connectivity index (χ0v) is 11.6. The summed E-state index contributed by atoms with van der Waals surface area (Å²) in [5, 5.41) is 3.33. The maximum Gasteiger partial charge on any atom is 0.410 e. The third-order valence-corrected chi connectivity index (χ3v) is 2.39. The Morgan fingerprint density at radius 2 is 1.94 bits per heavy atom.